The van der Waals surface area contributed by atoms with Gasteiger partial charge >= 0.3 is 0 Å². The summed E-state index contributed by atoms with van der Waals surface area (Å²) in [5.74, 6) is 1.53. The van der Waals surface area contributed by atoms with Crippen LogP contribution in [0.3, 0.4) is 0 Å². The van der Waals surface area contributed by atoms with Crippen molar-refractivity contribution in [3.05, 3.63) is 16.8 Å². The van der Waals surface area contributed by atoms with E-state index in [1.165, 1.54) is 16.9 Å². The van der Waals surface area contributed by atoms with Crippen LogP contribution in [0.4, 0.5) is 5.82 Å². The van der Waals surface area contributed by atoms with Crippen molar-refractivity contribution in [2.24, 2.45) is 5.92 Å². The second-order valence-electron chi connectivity index (χ2n) is 6.13. The molecule has 0 spiro atoms. The highest BCUT2D eigenvalue weighted by Crippen LogP contribution is 2.32. The van der Waals surface area contributed by atoms with Crippen molar-refractivity contribution in [3.8, 4) is 0 Å². The number of rotatable bonds is 3. The lowest BCUT2D eigenvalue weighted by molar-refractivity contribution is -0.130. The quantitative estimate of drug-likeness (QED) is 0.945. The average molecular weight is 318 g/mol. The van der Waals surface area contributed by atoms with Crippen molar-refractivity contribution in [3.63, 3.8) is 0 Å². The molecule has 1 aliphatic rings. The first-order valence-electron chi connectivity index (χ1n) is 7.78. The molecule has 118 valence electrons. The van der Waals surface area contributed by atoms with Crippen LogP contribution < -0.4 is 5.32 Å². The number of hydrogen-bond acceptors (Lipinski definition) is 5. The fourth-order valence-electron chi connectivity index (χ4n) is 3.00. The second kappa shape index (κ2) is 6.20. The van der Waals surface area contributed by atoms with E-state index in [4.69, 9.17) is 0 Å². The lowest BCUT2D eigenvalue weighted by Crippen LogP contribution is -2.42. The van der Waals surface area contributed by atoms with E-state index >= 15 is 0 Å². The number of carbonyl (C=O) groups excluding carboxylic acids is 1. The highest BCUT2D eigenvalue weighted by molar-refractivity contribution is 7.18. The Kier molecular flexibility index (Phi) is 4.29. The molecule has 1 atom stereocenters. The summed E-state index contributed by atoms with van der Waals surface area (Å²) in [6.45, 7) is 8.42. The highest BCUT2D eigenvalue weighted by Gasteiger charge is 2.21. The van der Waals surface area contributed by atoms with Gasteiger partial charge in [-0.15, -0.1) is 11.3 Å². The molecule has 1 aliphatic heterocycles. The summed E-state index contributed by atoms with van der Waals surface area (Å²) in [6.07, 6.45) is 3.89. The van der Waals surface area contributed by atoms with Crippen molar-refractivity contribution < 1.29 is 4.79 Å². The summed E-state index contributed by atoms with van der Waals surface area (Å²) in [7, 11) is 0. The average Bonchev–Trinajstić information content (AvgIpc) is 2.80. The van der Waals surface area contributed by atoms with Crippen LogP contribution in [0.15, 0.2) is 6.33 Å². The Bertz CT molecular complexity index is 697. The van der Waals surface area contributed by atoms with E-state index in [2.05, 4.69) is 36.1 Å². The molecular weight excluding hydrogens is 296 g/mol. The molecule has 1 saturated heterocycles. The van der Waals surface area contributed by atoms with Gasteiger partial charge in [0, 0.05) is 18.0 Å². The number of hydrogen-bond donors (Lipinski definition) is 1. The maximum absolute atomic E-state index is 12.4. The Morgan fingerprint density at radius 2 is 2.27 bits per heavy atom. The van der Waals surface area contributed by atoms with E-state index in [0.29, 0.717) is 12.5 Å². The van der Waals surface area contributed by atoms with Gasteiger partial charge in [-0.1, -0.05) is 6.92 Å². The molecule has 2 aromatic rings. The Balaban J connectivity index is 1.72. The Labute approximate surface area is 134 Å². The fraction of sp³-hybridized carbons (Fsp3) is 0.562. The van der Waals surface area contributed by atoms with Crippen LogP contribution in [-0.4, -0.2) is 40.4 Å². The molecule has 3 heterocycles. The zero-order chi connectivity index (χ0) is 15.7. The normalized spacial score (nSPS) is 18.7. The number of amides is 1. The number of carbonyl (C=O) groups is 1. The standard InChI is InChI=1S/C16H22N4OS/c1-10-5-4-6-20(8-10)13(21)7-17-15-14-11(2)12(3)22-16(14)19-9-18-15/h9-10H,4-8H2,1-3H3,(H,17,18,19). The lowest BCUT2D eigenvalue weighted by atomic mass is 10.0. The molecule has 0 bridgehead atoms. The molecule has 2 aromatic heterocycles. The van der Waals surface area contributed by atoms with E-state index in [-0.39, 0.29) is 5.91 Å². The molecule has 1 amide bonds. The van der Waals surface area contributed by atoms with E-state index in [1.807, 2.05) is 4.90 Å². The van der Waals surface area contributed by atoms with E-state index in [1.54, 1.807) is 17.7 Å². The zero-order valence-electron chi connectivity index (χ0n) is 13.3. The molecule has 1 N–H and O–H groups in total. The van der Waals surface area contributed by atoms with Gasteiger partial charge in [0.15, 0.2) is 0 Å². The highest BCUT2D eigenvalue weighted by atomic mass is 32.1. The van der Waals surface area contributed by atoms with Crippen molar-refractivity contribution in [1.82, 2.24) is 14.9 Å². The molecule has 0 aromatic carbocycles. The first-order chi connectivity index (χ1) is 10.6. The van der Waals surface area contributed by atoms with Gasteiger partial charge in [0.2, 0.25) is 5.91 Å². The van der Waals surface area contributed by atoms with Crippen LogP contribution in [0.2, 0.25) is 0 Å². The van der Waals surface area contributed by atoms with Crippen LogP contribution in [-0.2, 0) is 4.79 Å². The summed E-state index contributed by atoms with van der Waals surface area (Å²) < 4.78 is 0. The van der Waals surface area contributed by atoms with Gasteiger partial charge in [-0.05, 0) is 38.2 Å². The Morgan fingerprint density at radius 1 is 1.45 bits per heavy atom. The van der Waals surface area contributed by atoms with Gasteiger partial charge < -0.3 is 10.2 Å². The van der Waals surface area contributed by atoms with Crippen molar-refractivity contribution >= 4 is 33.3 Å². The number of aryl methyl sites for hydroxylation is 2. The van der Waals surface area contributed by atoms with E-state index in [9.17, 15) is 4.79 Å². The maximum atomic E-state index is 12.4. The second-order valence-corrected chi connectivity index (χ2v) is 7.33. The SMILES string of the molecule is Cc1sc2ncnc(NCC(=O)N3CCCC(C)C3)c2c1C. The van der Waals surface area contributed by atoms with Gasteiger partial charge in [-0.2, -0.15) is 0 Å². The predicted molar refractivity (Wildman–Crippen MR) is 90.4 cm³/mol. The molecule has 0 radical (unpaired) electrons. The molecule has 0 saturated carbocycles. The monoisotopic (exact) mass is 318 g/mol. The first kappa shape index (κ1) is 15.2. The number of nitrogens with one attached hydrogen (secondary N) is 1. The number of piperidine rings is 1. The zero-order valence-corrected chi connectivity index (χ0v) is 14.2. The van der Waals surface area contributed by atoms with Gasteiger partial charge in [0.1, 0.15) is 17.0 Å². The third-order valence-corrected chi connectivity index (χ3v) is 5.50. The van der Waals surface area contributed by atoms with Crippen LogP contribution in [0.1, 0.15) is 30.2 Å². The molecule has 3 rings (SSSR count). The summed E-state index contributed by atoms with van der Waals surface area (Å²) in [6, 6.07) is 0. The van der Waals surface area contributed by atoms with Crippen LogP contribution in [0.5, 0.6) is 0 Å². The molecule has 22 heavy (non-hydrogen) atoms. The van der Waals surface area contributed by atoms with Gasteiger partial charge in [-0.25, -0.2) is 9.97 Å². The summed E-state index contributed by atoms with van der Waals surface area (Å²) >= 11 is 1.67. The van der Waals surface area contributed by atoms with Crippen molar-refractivity contribution in [1.29, 1.82) is 0 Å². The molecular formula is C16H22N4OS. The third-order valence-electron chi connectivity index (χ3n) is 4.38. The topological polar surface area (TPSA) is 58.1 Å². The maximum Gasteiger partial charge on any atom is 0.241 e. The minimum absolute atomic E-state index is 0.155. The van der Waals surface area contributed by atoms with Gasteiger partial charge in [0.05, 0.1) is 11.9 Å². The number of likely N-dealkylation sites (tertiary alicyclic amines) is 1. The smallest absolute Gasteiger partial charge is 0.241 e. The number of aromatic nitrogens is 2. The molecule has 1 fully saturated rings. The minimum atomic E-state index is 0.155. The van der Waals surface area contributed by atoms with Gasteiger partial charge in [0.25, 0.3) is 0 Å². The third kappa shape index (κ3) is 2.92. The lowest BCUT2D eigenvalue weighted by Gasteiger charge is -2.31. The van der Waals surface area contributed by atoms with Crippen LogP contribution in [0, 0.1) is 19.8 Å². The summed E-state index contributed by atoms with van der Waals surface area (Å²) in [5, 5.41) is 4.26. The number of anilines is 1. The summed E-state index contributed by atoms with van der Waals surface area (Å²) in [5.41, 5.74) is 1.20. The number of fused-ring (bicyclic) bond motifs is 1. The van der Waals surface area contributed by atoms with Crippen LogP contribution >= 0.6 is 11.3 Å². The molecule has 6 heteroatoms. The first-order valence-corrected chi connectivity index (χ1v) is 8.60. The Hall–Kier alpha value is -1.69. The van der Waals surface area contributed by atoms with Crippen LogP contribution in [0.25, 0.3) is 10.2 Å². The number of thiophene rings is 1. The van der Waals surface area contributed by atoms with E-state index < -0.39 is 0 Å². The molecule has 5 nitrogen and oxygen atoms in total. The largest absolute Gasteiger partial charge is 0.360 e. The summed E-state index contributed by atoms with van der Waals surface area (Å²) in [4.78, 5) is 25.2. The molecule has 1 unspecified atom stereocenters. The Morgan fingerprint density at radius 3 is 3.05 bits per heavy atom. The van der Waals surface area contributed by atoms with E-state index in [0.717, 1.165) is 35.5 Å². The van der Waals surface area contributed by atoms with Crippen molar-refractivity contribution in [2.75, 3.05) is 25.0 Å². The van der Waals surface area contributed by atoms with Crippen molar-refractivity contribution in [2.45, 2.75) is 33.6 Å². The predicted octanol–water partition coefficient (Wildman–Crippen LogP) is 2.98. The number of nitrogens with zero attached hydrogens (tertiary/aromatic N) is 3. The molecule has 0 aliphatic carbocycles. The fourth-order valence-corrected chi connectivity index (χ4v) is 4.00. The minimum Gasteiger partial charge on any atom is -0.360 e. The van der Waals surface area contributed by atoms with Gasteiger partial charge in [-0.3, -0.25) is 4.79 Å².